The number of rotatable bonds is 8. The molecule has 1 fully saturated rings. The highest BCUT2D eigenvalue weighted by molar-refractivity contribution is 5.80. The number of aliphatic hydroxyl groups excluding tert-OH is 1. The molecule has 1 saturated heterocycles. The second-order valence-electron chi connectivity index (χ2n) is 7.92. The fourth-order valence-corrected chi connectivity index (χ4v) is 3.91. The highest BCUT2D eigenvalue weighted by Gasteiger charge is 2.21. The van der Waals surface area contributed by atoms with Crippen molar-refractivity contribution in [1.29, 1.82) is 0 Å². The minimum absolute atomic E-state index is 0.0298. The summed E-state index contributed by atoms with van der Waals surface area (Å²) < 4.78 is 11.0. The average Bonchev–Trinajstić information content (AvgIpc) is 2.82. The van der Waals surface area contributed by atoms with Crippen LogP contribution in [-0.4, -0.2) is 69.0 Å². The van der Waals surface area contributed by atoms with Crippen molar-refractivity contribution in [3.63, 3.8) is 0 Å². The number of anilines is 1. The van der Waals surface area contributed by atoms with E-state index in [0.29, 0.717) is 18.0 Å². The van der Waals surface area contributed by atoms with E-state index in [1.165, 1.54) is 16.8 Å². The minimum Gasteiger partial charge on any atom is -0.493 e. The molecule has 0 aromatic heterocycles. The molecule has 174 valence electrons. The normalized spacial score (nSPS) is 14.5. The number of aryl methyl sites for hydroxylation is 1. The third-order valence-corrected chi connectivity index (χ3v) is 5.82. The van der Waals surface area contributed by atoms with Crippen LogP contribution < -0.4 is 19.7 Å². The number of guanidine groups is 1. The van der Waals surface area contributed by atoms with Gasteiger partial charge in [-0.25, -0.2) is 4.99 Å². The Morgan fingerprint density at radius 1 is 1.09 bits per heavy atom. The highest BCUT2D eigenvalue weighted by atomic mass is 16.5. The van der Waals surface area contributed by atoms with Gasteiger partial charge in [-0.1, -0.05) is 18.2 Å². The molecule has 2 aromatic carbocycles. The van der Waals surface area contributed by atoms with Crippen molar-refractivity contribution in [3.05, 3.63) is 53.1 Å². The van der Waals surface area contributed by atoms with Crippen molar-refractivity contribution in [2.24, 2.45) is 4.99 Å². The number of benzene rings is 2. The minimum atomic E-state index is -0.0298. The van der Waals surface area contributed by atoms with Gasteiger partial charge in [-0.05, 0) is 55.7 Å². The van der Waals surface area contributed by atoms with E-state index < -0.39 is 0 Å². The highest BCUT2D eigenvalue weighted by Crippen LogP contribution is 2.28. The quantitative estimate of drug-likeness (QED) is 0.486. The second kappa shape index (κ2) is 11.6. The van der Waals surface area contributed by atoms with Gasteiger partial charge in [-0.2, -0.15) is 0 Å². The molecule has 1 aliphatic rings. The maximum atomic E-state index is 8.97. The maximum absolute atomic E-state index is 8.97. The zero-order valence-electron chi connectivity index (χ0n) is 19.7. The molecule has 1 heterocycles. The predicted octanol–water partition coefficient (Wildman–Crippen LogP) is 2.97. The van der Waals surface area contributed by atoms with Gasteiger partial charge in [0.1, 0.15) is 6.61 Å². The lowest BCUT2D eigenvalue weighted by Crippen LogP contribution is -2.52. The molecule has 32 heavy (non-hydrogen) atoms. The smallest absolute Gasteiger partial charge is 0.194 e. The molecule has 1 aliphatic heterocycles. The molecule has 0 spiro atoms. The molecule has 7 heteroatoms. The molecule has 2 aromatic rings. The first-order chi connectivity index (χ1) is 15.6. The van der Waals surface area contributed by atoms with Crippen LogP contribution in [0, 0.1) is 13.8 Å². The lowest BCUT2D eigenvalue weighted by atomic mass is 10.1. The number of nitrogens with one attached hydrogen (secondary N) is 1. The van der Waals surface area contributed by atoms with E-state index in [1.807, 2.05) is 18.2 Å². The molecule has 0 saturated carbocycles. The van der Waals surface area contributed by atoms with Crippen molar-refractivity contribution >= 4 is 11.6 Å². The summed E-state index contributed by atoms with van der Waals surface area (Å²) in [6, 6.07) is 12.3. The van der Waals surface area contributed by atoms with Gasteiger partial charge in [0, 0.05) is 38.4 Å². The first-order valence-electron chi connectivity index (χ1n) is 11.3. The average molecular weight is 441 g/mol. The number of nitrogens with zero attached hydrogens (tertiary/aromatic N) is 3. The van der Waals surface area contributed by atoms with Crippen molar-refractivity contribution in [2.75, 3.05) is 57.9 Å². The standard InChI is InChI=1S/C25H36N4O3/c1-5-26-25(27-18-21-9-10-23(32-16-15-30)24(17-21)31-4)29-13-11-28(12-14-29)22-8-6-7-19(2)20(22)3/h6-10,17,30H,5,11-16,18H2,1-4H3,(H,26,27). The molecule has 3 rings (SSSR count). The van der Waals surface area contributed by atoms with Crippen molar-refractivity contribution in [2.45, 2.75) is 27.3 Å². The molecule has 7 nitrogen and oxygen atoms in total. The Morgan fingerprint density at radius 2 is 1.88 bits per heavy atom. The monoisotopic (exact) mass is 440 g/mol. The summed E-state index contributed by atoms with van der Waals surface area (Å²) in [5.41, 5.74) is 5.08. The number of piperazine rings is 1. The van der Waals surface area contributed by atoms with Gasteiger partial charge >= 0.3 is 0 Å². The van der Waals surface area contributed by atoms with Gasteiger partial charge in [0.05, 0.1) is 20.3 Å². The van der Waals surface area contributed by atoms with Crippen LogP contribution in [0.3, 0.4) is 0 Å². The van der Waals surface area contributed by atoms with Crippen LogP contribution in [-0.2, 0) is 6.54 Å². The summed E-state index contributed by atoms with van der Waals surface area (Å²) in [5.74, 6) is 2.22. The van der Waals surface area contributed by atoms with Crippen molar-refractivity contribution in [1.82, 2.24) is 10.2 Å². The second-order valence-corrected chi connectivity index (χ2v) is 7.92. The van der Waals surface area contributed by atoms with Gasteiger partial charge in [-0.3, -0.25) is 0 Å². The van der Waals surface area contributed by atoms with Crippen LogP contribution in [0.25, 0.3) is 0 Å². The summed E-state index contributed by atoms with van der Waals surface area (Å²) >= 11 is 0. The van der Waals surface area contributed by atoms with Crippen LogP contribution in [0.1, 0.15) is 23.6 Å². The SMILES string of the molecule is CCNC(=NCc1ccc(OCCO)c(OC)c1)N1CCN(c2cccc(C)c2C)CC1. The molecule has 0 unspecified atom stereocenters. The van der Waals surface area contributed by atoms with Crippen LogP contribution >= 0.6 is 0 Å². The van der Waals surface area contributed by atoms with Crippen LogP contribution in [0.5, 0.6) is 11.5 Å². The lowest BCUT2D eigenvalue weighted by Gasteiger charge is -2.38. The summed E-state index contributed by atoms with van der Waals surface area (Å²) in [4.78, 5) is 9.69. The van der Waals surface area contributed by atoms with Crippen LogP contribution in [0.2, 0.25) is 0 Å². The molecule has 0 radical (unpaired) electrons. The Labute approximate surface area is 191 Å². The van der Waals surface area contributed by atoms with Gasteiger partial charge in [-0.15, -0.1) is 0 Å². The van der Waals surface area contributed by atoms with Crippen molar-refractivity contribution in [3.8, 4) is 11.5 Å². The zero-order chi connectivity index (χ0) is 22.9. The number of aliphatic imine (C=N–C) groups is 1. The molecule has 2 N–H and O–H groups in total. The molecular weight excluding hydrogens is 404 g/mol. The molecule has 0 amide bonds. The molecule has 0 bridgehead atoms. The van der Waals surface area contributed by atoms with E-state index in [1.54, 1.807) is 7.11 Å². The molecule has 0 aliphatic carbocycles. The summed E-state index contributed by atoms with van der Waals surface area (Å²) in [6.07, 6.45) is 0. The zero-order valence-corrected chi connectivity index (χ0v) is 19.7. The number of ether oxygens (including phenoxy) is 2. The summed E-state index contributed by atoms with van der Waals surface area (Å²) in [5, 5.41) is 12.4. The fraction of sp³-hybridized carbons (Fsp3) is 0.480. The van der Waals surface area contributed by atoms with E-state index in [0.717, 1.165) is 44.2 Å². The Morgan fingerprint density at radius 3 is 2.56 bits per heavy atom. The lowest BCUT2D eigenvalue weighted by molar-refractivity contribution is 0.196. The van der Waals surface area contributed by atoms with E-state index in [-0.39, 0.29) is 13.2 Å². The van der Waals surface area contributed by atoms with Crippen LogP contribution in [0.4, 0.5) is 5.69 Å². The van der Waals surface area contributed by atoms with Gasteiger partial charge < -0.3 is 29.7 Å². The topological polar surface area (TPSA) is 69.6 Å². The number of hydrogen-bond acceptors (Lipinski definition) is 5. The number of hydrogen-bond donors (Lipinski definition) is 2. The Kier molecular flexibility index (Phi) is 8.62. The third-order valence-electron chi connectivity index (χ3n) is 5.82. The molecular formula is C25H36N4O3. The Balaban J connectivity index is 1.66. The van der Waals surface area contributed by atoms with E-state index in [4.69, 9.17) is 19.6 Å². The Hall–Kier alpha value is -2.93. The van der Waals surface area contributed by atoms with Crippen LogP contribution in [0.15, 0.2) is 41.4 Å². The van der Waals surface area contributed by atoms with Gasteiger partial charge in [0.25, 0.3) is 0 Å². The van der Waals surface area contributed by atoms with Gasteiger partial charge in [0.2, 0.25) is 0 Å². The van der Waals surface area contributed by atoms with Crippen molar-refractivity contribution < 1.29 is 14.6 Å². The molecule has 0 atom stereocenters. The largest absolute Gasteiger partial charge is 0.493 e. The van der Waals surface area contributed by atoms with E-state index in [9.17, 15) is 0 Å². The van der Waals surface area contributed by atoms with Gasteiger partial charge in [0.15, 0.2) is 17.5 Å². The summed E-state index contributed by atoms with van der Waals surface area (Å²) in [6.45, 7) is 11.9. The van der Waals surface area contributed by atoms with E-state index >= 15 is 0 Å². The van der Waals surface area contributed by atoms with E-state index in [2.05, 4.69) is 54.1 Å². The summed E-state index contributed by atoms with van der Waals surface area (Å²) in [7, 11) is 1.62. The maximum Gasteiger partial charge on any atom is 0.194 e. The fourth-order valence-electron chi connectivity index (χ4n) is 3.91. The number of methoxy groups -OCH3 is 1. The first kappa shape index (κ1) is 23.7. The first-order valence-corrected chi connectivity index (χ1v) is 11.3. The predicted molar refractivity (Wildman–Crippen MR) is 130 cm³/mol. The third kappa shape index (κ3) is 5.85. The Bertz CT molecular complexity index is 908. The number of aliphatic hydroxyl groups is 1.